The van der Waals surface area contributed by atoms with E-state index in [2.05, 4.69) is 22.7 Å². The largest absolute Gasteiger partial charge is 0.322 e. The molecule has 3 amide bonds. The van der Waals surface area contributed by atoms with Crippen LogP contribution >= 0.6 is 0 Å². The number of nitrogens with two attached hydrogens (primary N) is 1. The van der Waals surface area contributed by atoms with E-state index in [0.29, 0.717) is 12.1 Å². The van der Waals surface area contributed by atoms with Gasteiger partial charge in [-0.05, 0) is 43.3 Å². The van der Waals surface area contributed by atoms with Crippen molar-refractivity contribution in [1.29, 1.82) is 0 Å². The Labute approximate surface area is 159 Å². The maximum absolute atomic E-state index is 12.8. The second kappa shape index (κ2) is 8.66. The Hall–Kier alpha value is -2.90. The zero-order valence-electron chi connectivity index (χ0n) is 15.4. The van der Waals surface area contributed by atoms with Gasteiger partial charge in [-0.15, -0.1) is 0 Å². The number of hydrazine groups is 1. The van der Waals surface area contributed by atoms with Crippen LogP contribution in [0.2, 0.25) is 0 Å². The van der Waals surface area contributed by atoms with Crippen molar-refractivity contribution < 1.29 is 9.59 Å². The van der Waals surface area contributed by atoms with E-state index in [-0.39, 0.29) is 18.0 Å². The zero-order valence-corrected chi connectivity index (χ0v) is 15.4. The molecule has 1 atom stereocenters. The molecule has 0 bridgehead atoms. The molecule has 1 unspecified atom stereocenters. The van der Waals surface area contributed by atoms with Crippen molar-refractivity contribution in [3.05, 3.63) is 65.7 Å². The van der Waals surface area contributed by atoms with E-state index in [9.17, 15) is 9.59 Å². The summed E-state index contributed by atoms with van der Waals surface area (Å²) in [5.74, 6) is 4.85. The summed E-state index contributed by atoms with van der Waals surface area (Å²) in [6.45, 7) is 2.31. The molecule has 4 N–H and O–H groups in total. The Bertz CT molecular complexity index is 779. The van der Waals surface area contributed by atoms with Gasteiger partial charge in [-0.2, -0.15) is 0 Å². The first-order valence-corrected chi connectivity index (χ1v) is 8.98. The first-order valence-electron chi connectivity index (χ1n) is 8.98. The summed E-state index contributed by atoms with van der Waals surface area (Å²) in [6, 6.07) is 16.8. The minimum absolute atomic E-state index is 0.0571. The molecule has 0 radical (unpaired) electrons. The molecule has 1 heterocycles. The van der Waals surface area contributed by atoms with Crippen molar-refractivity contribution in [1.82, 2.24) is 15.2 Å². The van der Waals surface area contributed by atoms with E-state index in [4.69, 9.17) is 5.84 Å². The van der Waals surface area contributed by atoms with Crippen LogP contribution in [0.3, 0.4) is 0 Å². The molecule has 1 aliphatic heterocycles. The number of likely N-dealkylation sites (N-methyl/N-ethyl adjacent to an activating group) is 1. The number of benzene rings is 2. The van der Waals surface area contributed by atoms with Gasteiger partial charge in [0.15, 0.2) is 0 Å². The van der Waals surface area contributed by atoms with Gasteiger partial charge in [0.2, 0.25) is 0 Å². The Morgan fingerprint density at radius 3 is 2.44 bits per heavy atom. The van der Waals surface area contributed by atoms with Gasteiger partial charge in [0.1, 0.15) is 0 Å². The number of hydrogen-bond donors (Lipinski definition) is 3. The van der Waals surface area contributed by atoms with Crippen LogP contribution in [0.25, 0.3) is 0 Å². The second-order valence-electron chi connectivity index (χ2n) is 6.78. The topological polar surface area (TPSA) is 90.7 Å². The quantitative estimate of drug-likeness (QED) is 0.436. The molecular weight excluding hydrogens is 342 g/mol. The van der Waals surface area contributed by atoms with Gasteiger partial charge in [-0.3, -0.25) is 10.2 Å². The van der Waals surface area contributed by atoms with Gasteiger partial charge in [0.25, 0.3) is 5.91 Å². The summed E-state index contributed by atoms with van der Waals surface area (Å²) < 4.78 is 0. The lowest BCUT2D eigenvalue weighted by molar-refractivity contribution is 0.0953. The van der Waals surface area contributed by atoms with Crippen LogP contribution in [-0.4, -0.2) is 54.5 Å². The first kappa shape index (κ1) is 18.9. The highest BCUT2D eigenvalue weighted by atomic mass is 16.2. The molecule has 3 rings (SSSR count). The highest BCUT2D eigenvalue weighted by molar-refractivity contribution is 5.93. The molecule has 1 aliphatic rings. The van der Waals surface area contributed by atoms with Crippen molar-refractivity contribution in [3.63, 3.8) is 0 Å². The van der Waals surface area contributed by atoms with Crippen LogP contribution in [0.5, 0.6) is 0 Å². The number of urea groups is 1. The molecule has 142 valence electrons. The fourth-order valence-electron chi connectivity index (χ4n) is 3.32. The standard InChI is InChI=1S/C20H25N5O2/c1-24-11-12-25(20(27)22-17-5-3-2-4-6-17)18(14-24)13-15-7-9-16(10-8-15)19(26)23-21/h2-10,18H,11-14,21H2,1H3,(H,22,27)(H,23,26). The van der Waals surface area contributed by atoms with Gasteiger partial charge < -0.3 is 15.1 Å². The van der Waals surface area contributed by atoms with Gasteiger partial charge in [-0.1, -0.05) is 30.3 Å². The van der Waals surface area contributed by atoms with Crippen LogP contribution in [0.4, 0.5) is 10.5 Å². The third-order valence-electron chi connectivity index (χ3n) is 4.79. The van der Waals surface area contributed by atoms with Crippen molar-refractivity contribution in [3.8, 4) is 0 Å². The lowest BCUT2D eigenvalue weighted by atomic mass is 10.0. The number of rotatable bonds is 4. The Morgan fingerprint density at radius 1 is 1.07 bits per heavy atom. The molecule has 0 spiro atoms. The number of nitrogen functional groups attached to an aromatic ring is 1. The Morgan fingerprint density at radius 2 is 1.78 bits per heavy atom. The molecule has 7 nitrogen and oxygen atoms in total. The fraction of sp³-hybridized carbons (Fsp3) is 0.300. The summed E-state index contributed by atoms with van der Waals surface area (Å²) in [7, 11) is 2.06. The number of anilines is 1. The van der Waals surface area contributed by atoms with Crippen LogP contribution in [-0.2, 0) is 6.42 Å². The van der Waals surface area contributed by atoms with Crippen LogP contribution in [0.1, 0.15) is 15.9 Å². The highest BCUT2D eigenvalue weighted by Crippen LogP contribution is 2.17. The van der Waals surface area contributed by atoms with Gasteiger partial charge in [0, 0.05) is 30.9 Å². The minimum Gasteiger partial charge on any atom is -0.319 e. The molecule has 27 heavy (non-hydrogen) atoms. The third kappa shape index (κ3) is 4.84. The van der Waals surface area contributed by atoms with E-state index in [1.165, 1.54) is 0 Å². The van der Waals surface area contributed by atoms with E-state index < -0.39 is 0 Å². The molecule has 1 saturated heterocycles. The number of piperazine rings is 1. The number of nitrogens with one attached hydrogen (secondary N) is 2. The number of carbonyl (C=O) groups is 2. The summed E-state index contributed by atoms with van der Waals surface area (Å²) >= 11 is 0. The first-order chi connectivity index (χ1) is 13.1. The highest BCUT2D eigenvalue weighted by Gasteiger charge is 2.29. The second-order valence-corrected chi connectivity index (χ2v) is 6.78. The van der Waals surface area contributed by atoms with E-state index >= 15 is 0 Å². The predicted octanol–water partition coefficient (Wildman–Crippen LogP) is 1.68. The summed E-state index contributed by atoms with van der Waals surface area (Å²) in [5.41, 5.74) is 4.50. The molecule has 2 aromatic carbocycles. The lowest BCUT2D eigenvalue weighted by Gasteiger charge is -2.40. The van der Waals surface area contributed by atoms with E-state index in [0.717, 1.165) is 30.8 Å². The lowest BCUT2D eigenvalue weighted by Crippen LogP contribution is -2.56. The fourth-order valence-corrected chi connectivity index (χ4v) is 3.32. The molecule has 1 fully saturated rings. The molecular formula is C20H25N5O2. The smallest absolute Gasteiger partial charge is 0.319 e. The van der Waals surface area contributed by atoms with Gasteiger partial charge >= 0.3 is 6.03 Å². The summed E-state index contributed by atoms with van der Waals surface area (Å²) in [4.78, 5) is 28.5. The van der Waals surface area contributed by atoms with Crippen LogP contribution < -0.4 is 16.6 Å². The average molecular weight is 367 g/mol. The number of para-hydroxylation sites is 1. The Balaban J connectivity index is 1.70. The molecule has 7 heteroatoms. The number of hydrogen-bond acceptors (Lipinski definition) is 4. The minimum atomic E-state index is -0.317. The van der Waals surface area contributed by atoms with Gasteiger partial charge in [0.05, 0.1) is 6.04 Å². The average Bonchev–Trinajstić information content (AvgIpc) is 2.69. The maximum Gasteiger partial charge on any atom is 0.322 e. The van der Waals surface area contributed by atoms with Crippen LogP contribution in [0, 0.1) is 0 Å². The summed E-state index contributed by atoms with van der Waals surface area (Å²) in [5, 5.41) is 2.98. The van der Waals surface area contributed by atoms with Crippen molar-refractivity contribution in [2.45, 2.75) is 12.5 Å². The predicted molar refractivity (Wildman–Crippen MR) is 105 cm³/mol. The van der Waals surface area contributed by atoms with Crippen molar-refractivity contribution >= 4 is 17.6 Å². The van der Waals surface area contributed by atoms with Crippen molar-refractivity contribution in [2.75, 3.05) is 32.0 Å². The van der Waals surface area contributed by atoms with Gasteiger partial charge in [-0.25, -0.2) is 10.6 Å². The van der Waals surface area contributed by atoms with Crippen molar-refractivity contribution in [2.24, 2.45) is 5.84 Å². The third-order valence-corrected chi connectivity index (χ3v) is 4.79. The van der Waals surface area contributed by atoms with E-state index in [1.54, 1.807) is 12.1 Å². The molecule has 0 aliphatic carbocycles. The molecule has 0 aromatic heterocycles. The van der Waals surface area contributed by atoms with Crippen LogP contribution in [0.15, 0.2) is 54.6 Å². The number of carbonyl (C=O) groups excluding carboxylic acids is 2. The number of amides is 3. The molecule has 0 saturated carbocycles. The monoisotopic (exact) mass is 367 g/mol. The Kier molecular flexibility index (Phi) is 6.05. The summed E-state index contributed by atoms with van der Waals surface area (Å²) in [6.07, 6.45) is 0.719. The van der Waals surface area contributed by atoms with E-state index in [1.807, 2.05) is 47.4 Å². The normalized spacial score (nSPS) is 17.4. The maximum atomic E-state index is 12.8. The SMILES string of the molecule is CN1CCN(C(=O)Nc2ccccc2)C(Cc2ccc(C(=O)NN)cc2)C1. The zero-order chi connectivity index (χ0) is 19.2. The molecule has 2 aromatic rings. The number of nitrogens with zero attached hydrogens (tertiary/aromatic N) is 2.